The molecule has 4 rings (SSSR count). The van der Waals surface area contributed by atoms with Crippen LogP contribution in [0.2, 0.25) is 0 Å². The van der Waals surface area contributed by atoms with Crippen LogP contribution >= 0.6 is 0 Å². The molecule has 1 aromatic heterocycles. The summed E-state index contributed by atoms with van der Waals surface area (Å²) < 4.78 is 14.5. The first-order valence-corrected chi connectivity index (χ1v) is 6.39. The van der Waals surface area contributed by atoms with Crippen LogP contribution in [0.15, 0.2) is 41.2 Å². The van der Waals surface area contributed by atoms with Gasteiger partial charge in [0.1, 0.15) is 5.82 Å². The lowest BCUT2D eigenvalue weighted by molar-refractivity contribution is 0.103. The molecule has 0 N–H and O–H groups in total. The molecule has 2 aromatic carbocycles. The zero-order chi connectivity index (χ0) is 15.4. The summed E-state index contributed by atoms with van der Waals surface area (Å²) in [7, 11) is 0. The normalized spacial score (nSPS) is 12.1. The number of fused-ring (bicyclic) bond motifs is 4. The van der Waals surface area contributed by atoms with Crippen molar-refractivity contribution >= 4 is 22.4 Å². The number of rotatable bonds is 0. The first-order chi connectivity index (χ1) is 10.6. The summed E-state index contributed by atoms with van der Waals surface area (Å²) in [4.78, 5) is 32.5. The van der Waals surface area contributed by atoms with E-state index in [1.807, 2.05) is 0 Å². The molecular weight excluding hydrogens is 285 g/mol. The molecule has 0 saturated heterocycles. The molecule has 2 heterocycles. The van der Waals surface area contributed by atoms with Crippen molar-refractivity contribution < 1.29 is 9.18 Å². The Balaban J connectivity index is 2.16. The van der Waals surface area contributed by atoms with Crippen LogP contribution in [-0.2, 0) is 0 Å². The average Bonchev–Trinajstić information content (AvgIpc) is 2.80. The van der Waals surface area contributed by atoms with E-state index >= 15 is 0 Å². The van der Waals surface area contributed by atoms with Crippen LogP contribution in [0.5, 0.6) is 0 Å². The molecule has 0 fully saturated rings. The number of hydrogen-bond acceptors (Lipinski definition) is 3. The second-order valence-electron chi connectivity index (χ2n) is 4.88. The van der Waals surface area contributed by atoms with E-state index in [0.717, 1.165) is 6.07 Å². The van der Waals surface area contributed by atoms with E-state index in [1.54, 1.807) is 0 Å². The van der Waals surface area contributed by atoms with E-state index in [0.29, 0.717) is 16.9 Å². The fraction of sp³-hybridized carbons (Fsp3) is 0. The highest BCUT2D eigenvalue weighted by Crippen LogP contribution is 2.27. The monoisotopic (exact) mass is 291 g/mol. The van der Waals surface area contributed by atoms with Crippen molar-refractivity contribution in [2.24, 2.45) is 0 Å². The highest BCUT2D eigenvalue weighted by atomic mass is 19.1. The Morgan fingerprint density at radius 2 is 1.95 bits per heavy atom. The second-order valence-corrected chi connectivity index (χ2v) is 4.88. The molecule has 0 amide bonds. The third-order valence-electron chi connectivity index (χ3n) is 3.63. The summed E-state index contributed by atoms with van der Waals surface area (Å²) in [6.45, 7) is 7.02. The smallest absolute Gasteiger partial charge is 0.265 e. The van der Waals surface area contributed by atoms with E-state index in [2.05, 4.69) is 9.83 Å². The number of aromatic nitrogens is 2. The van der Waals surface area contributed by atoms with Gasteiger partial charge in [-0.05, 0) is 30.3 Å². The second kappa shape index (κ2) is 4.09. The first-order valence-electron chi connectivity index (χ1n) is 6.39. The maximum atomic E-state index is 13.3. The number of ketones is 1. The zero-order valence-electron chi connectivity index (χ0n) is 11.0. The van der Waals surface area contributed by atoms with Gasteiger partial charge < -0.3 is 0 Å². The Bertz CT molecular complexity index is 1090. The molecule has 0 aliphatic carbocycles. The van der Waals surface area contributed by atoms with Gasteiger partial charge in [0.2, 0.25) is 5.78 Å². The summed E-state index contributed by atoms with van der Waals surface area (Å²) in [6, 6.07) is 8.17. The molecule has 0 unspecified atom stereocenters. The molecular formula is C16H6FN3O2. The van der Waals surface area contributed by atoms with Crippen LogP contribution in [0, 0.1) is 12.4 Å². The first kappa shape index (κ1) is 12.4. The number of nitrogens with zero attached hydrogens (tertiary/aromatic N) is 3. The molecule has 0 atom stereocenters. The largest absolute Gasteiger partial charge is 0.285 e. The van der Waals surface area contributed by atoms with Crippen LogP contribution in [0.25, 0.3) is 21.4 Å². The minimum atomic E-state index is -0.548. The number of halogens is 1. The number of hydrogen-bond donors (Lipinski definition) is 0. The fourth-order valence-electron chi connectivity index (χ4n) is 2.62. The topological polar surface area (TPSA) is 56.3 Å². The van der Waals surface area contributed by atoms with Gasteiger partial charge >= 0.3 is 0 Å². The van der Waals surface area contributed by atoms with E-state index in [-0.39, 0.29) is 16.8 Å². The SMILES string of the molecule is [C-]#[N+]c1ccc2nc3n(c(=O)c2c1)-c1ccc(F)cc1C3=O. The number of carbonyl (C=O) groups is 1. The molecule has 1 aliphatic rings. The quantitative estimate of drug-likeness (QED) is 0.468. The summed E-state index contributed by atoms with van der Waals surface area (Å²) in [5.41, 5.74) is 0.643. The zero-order valence-corrected chi connectivity index (χ0v) is 11.0. The number of carbonyl (C=O) groups excluding carboxylic acids is 1. The van der Waals surface area contributed by atoms with Crippen molar-refractivity contribution in [2.45, 2.75) is 0 Å². The van der Waals surface area contributed by atoms with Crippen molar-refractivity contribution in [3.63, 3.8) is 0 Å². The Morgan fingerprint density at radius 1 is 1.14 bits per heavy atom. The van der Waals surface area contributed by atoms with Crippen LogP contribution in [-0.4, -0.2) is 15.3 Å². The van der Waals surface area contributed by atoms with E-state index in [4.69, 9.17) is 6.57 Å². The minimum absolute atomic E-state index is 0.0336. The lowest BCUT2D eigenvalue weighted by Crippen LogP contribution is -2.21. The maximum Gasteiger partial charge on any atom is 0.265 e. The van der Waals surface area contributed by atoms with Gasteiger partial charge in [-0.1, -0.05) is 6.07 Å². The predicted octanol–water partition coefficient (Wildman–Crippen LogP) is 2.62. The van der Waals surface area contributed by atoms with Gasteiger partial charge in [-0.25, -0.2) is 14.2 Å². The van der Waals surface area contributed by atoms with Crippen molar-refractivity contribution in [3.05, 3.63) is 75.4 Å². The van der Waals surface area contributed by atoms with Crippen molar-refractivity contribution in [1.29, 1.82) is 0 Å². The molecule has 1 aliphatic heterocycles. The standard InChI is InChI=1S/C16H6FN3O2/c1-18-9-3-4-12-10(7-9)16(22)20-13-5-2-8(17)6-11(13)14(21)15(20)19-12/h2-7H. The summed E-state index contributed by atoms with van der Waals surface area (Å²) in [5, 5.41) is 0.252. The molecule has 104 valence electrons. The Kier molecular flexibility index (Phi) is 2.31. The highest BCUT2D eigenvalue weighted by molar-refractivity contribution is 6.13. The molecule has 0 radical (unpaired) electrons. The molecule has 3 aromatic rings. The van der Waals surface area contributed by atoms with Crippen molar-refractivity contribution in [1.82, 2.24) is 9.55 Å². The van der Waals surface area contributed by atoms with E-state index in [1.165, 1.54) is 34.9 Å². The van der Waals surface area contributed by atoms with Crippen LogP contribution < -0.4 is 5.56 Å². The van der Waals surface area contributed by atoms with Crippen molar-refractivity contribution in [2.75, 3.05) is 0 Å². The van der Waals surface area contributed by atoms with Gasteiger partial charge in [0, 0.05) is 0 Å². The molecule has 0 bridgehead atoms. The van der Waals surface area contributed by atoms with E-state index < -0.39 is 17.2 Å². The van der Waals surface area contributed by atoms with Crippen molar-refractivity contribution in [3.8, 4) is 5.69 Å². The lowest BCUT2D eigenvalue weighted by atomic mass is 10.1. The molecule has 6 heteroatoms. The Hall–Kier alpha value is -3.33. The molecule has 0 saturated carbocycles. The van der Waals surface area contributed by atoms with Crippen LogP contribution in [0.3, 0.4) is 0 Å². The lowest BCUT2D eigenvalue weighted by Gasteiger charge is -2.05. The van der Waals surface area contributed by atoms with Gasteiger partial charge in [-0.2, -0.15) is 0 Å². The number of benzene rings is 2. The van der Waals surface area contributed by atoms with Gasteiger partial charge in [0.25, 0.3) is 5.56 Å². The summed E-state index contributed by atoms with van der Waals surface area (Å²) >= 11 is 0. The maximum absolute atomic E-state index is 13.3. The van der Waals surface area contributed by atoms with Crippen LogP contribution in [0.1, 0.15) is 16.2 Å². The van der Waals surface area contributed by atoms with Gasteiger partial charge in [-0.15, -0.1) is 0 Å². The fourth-order valence-corrected chi connectivity index (χ4v) is 2.62. The summed E-state index contributed by atoms with van der Waals surface area (Å²) in [6.07, 6.45) is 0. The third kappa shape index (κ3) is 1.48. The Labute approximate surface area is 123 Å². The molecule has 5 nitrogen and oxygen atoms in total. The van der Waals surface area contributed by atoms with E-state index in [9.17, 15) is 14.0 Å². The average molecular weight is 291 g/mol. The minimum Gasteiger partial charge on any atom is -0.285 e. The molecule has 0 spiro atoms. The Morgan fingerprint density at radius 3 is 2.73 bits per heavy atom. The third-order valence-corrected chi connectivity index (χ3v) is 3.63. The van der Waals surface area contributed by atoms with Crippen LogP contribution in [0.4, 0.5) is 10.1 Å². The molecule has 22 heavy (non-hydrogen) atoms. The van der Waals surface area contributed by atoms with Gasteiger partial charge in [-0.3, -0.25) is 14.2 Å². The summed E-state index contributed by atoms with van der Waals surface area (Å²) in [5.74, 6) is -1.07. The van der Waals surface area contributed by atoms with Gasteiger partial charge in [0.05, 0.1) is 28.7 Å². The predicted molar refractivity (Wildman–Crippen MR) is 77.0 cm³/mol. The van der Waals surface area contributed by atoms with Gasteiger partial charge in [0.15, 0.2) is 11.5 Å². The highest BCUT2D eigenvalue weighted by Gasteiger charge is 2.30.